The van der Waals surface area contributed by atoms with Crippen LogP contribution in [-0.4, -0.2) is 33.0 Å². The Morgan fingerprint density at radius 3 is 3.07 bits per heavy atom. The molecule has 0 atom stereocenters. The summed E-state index contributed by atoms with van der Waals surface area (Å²) in [6.45, 7) is 3.24. The maximum Gasteiger partial charge on any atom is 0.0790 e. The third-order valence-corrected chi connectivity index (χ3v) is 3.57. The van der Waals surface area contributed by atoms with E-state index in [0.717, 1.165) is 19.6 Å². The van der Waals surface area contributed by atoms with E-state index in [0.29, 0.717) is 6.04 Å². The maximum atomic E-state index is 4.01. The van der Waals surface area contributed by atoms with E-state index < -0.39 is 0 Å². The lowest BCUT2D eigenvalue weighted by atomic mass is 10.1. The average Bonchev–Trinajstić information content (AvgIpc) is 2.83. The van der Waals surface area contributed by atoms with Gasteiger partial charge in [0.05, 0.1) is 12.2 Å². The van der Waals surface area contributed by atoms with E-state index in [4.69, 9.17) is 0 Å². The molecule has 15 heavy (non-hydrogen) atoms. The first-order chi connectivity index (χ1) is 7.42. The highest BCUT2D eigenvalue weighted by Gasteiger charge is 2.28. The predicted molar refractivity (Wildman–Crippen MR) is 58.7 cm³/mol. The summed E-state index contributed by atoms with van der Waals surface area (Å²) in [7, 11) is 0. The maximum absolute atomic E-state index is 4.01. The zero-order valence-corrected chi connectivity index (χ0v) is 9.10. The van der Waals surface area contributed by atoms with E-state index in [1.807, 2.05) is 22.2 Å². The van der Waals surface area contributed by atoms with Crippen LogP contribution in [0.5, 0.6) is 0 Å². The minimum atomic E-state index is 0.521. The molecular weight excluding hydrogens is 208 g/mol. The van der Waals surface area contributed by atoms with Gasteiger partial charge in [-0.2, -0.15) is 0 Å². The Bertz CT molecular complexity index is 403. The molecule has 1 fully saturated rings. The van der Waals surface area contributed by atoms with Gasteiger partial charge in [0.15, 0.2) is 0 Å². The molecule has 2 aromatic heterocycles. The molecule has 0 unspecified atom stereocenters. The zero-order valence-electron chi connectivity index (χ0n) is 8.28. The van der Waals surface area contributed by atoms with Crippen LogP contribution in [0, 0.1) is 0 Å². The number of aromatic nitrogens is 3. The fourth-order valence-corrected chi connectivity index (χ4v) is 2.62. The van der Waals surface area contributed by atoms with Crippen molar-refractivity contribution in [2.45, 2.75) is 12.6 Å². The molecule has 4 nitrogen and oxygen atoms in total. The second kappa shape index (κ2) is 3.75. The van der Waals surface area contributed by atoms with Gasteiger partial charge < -0.3 is 0 Å². The first-order valence-corrected chi connectivity index (χ1v) is 5.90. The van der Waals surface area contributed by atoms with Gasteiger partial charge in [0.25, 0.3) is 0 Å². The van der Waals surface area contributed by atoms with Gasteiger partial charge in [-0.1, -0.05) is 11.3 Å². The molecule has 0 amide bonds. The van der Waals surface area contributed by atoms with Crippen LogP contribution in [0.1, 0.15) is 10.9 Å². The van der Waals surface area contributed by atoms with E-state index in [1.165, 1.54) is 4.88 Å². The first kappa shape index (κ1) is 9.06. The molecule has 3 heterocycles. The van der Waals surface area contributed by atoms with Crippen LogP contribution in [0.4, 0.5) is 0 Å². The summed E-state index contributed by atoms with van der Waals surface area (Å²) < 4.78 is 1.95. The highest BCUT2D eigenvalue weighted by molar-refractivity contribution is 7.09. The van der Waals surface area contributed by atoms with Gasteiger partial charge in [0.1, 0.15) is 0 Å². The monoisotopic (exact) mass is 220 g/mol. The molecule has 1 aliphatic heterocycles. The van der Waals surface area contributed by atoms with Crippen molar-refractivity contribution in [2.24, 2.45) is 0 Å². The van der Waals surface area contributed by atoms with Gasteiger partial charge in [-0.05, 0) is 11.4 Å². The second-order valence-electron chi connectivity index (χ2n) is 3.81. The molecule has 1 aliphatic rings. The van der Waals surface area contributed by atoms with Gasteiger partial charge >= 0.3 is 0 Å². The first-order valence-electron chi connectivity index (χ1n) is 5.02. The molecule has 3 rings (SSSR count). The lowest BCUT2D eigenvalue weighted by Gasteiger charge is -2.38. The Kier molecular flexibility index (Phi) is 2.26. The lowest BCUT2D eigenvalue weighted by molar-refractivity contribution is 0.0907. The Hall–Kier alpha value is -1.20. The quantitative estimate of drug-likeness (QED) is 0.784. The summed E-state index contributed by atoms with van der Waals surface area (Å²) in [5, 5.41) is 9.96. The predicted octanol–water partition coefficient (Wildman–Crippen LogP) is 1.40. The SMILES string of the molecule is c1csc(CN2CC(n3ccnn3)C2)c1. The third kappa shape index (κ3) is 1.80. The molecule has 2 aromatic rings. The Morgan fingerprint density at radius 1 is 1.47 bits per heavy atom. The van der Waals surface area contributed by atoms with Gasteiger partial charge in [0.2, 0.25) is 0 Å². The molecule has 1 saturated heterocycles. The van der Waals surface area contributed by atoms with E-state index in [2.05, 4.69) is 32.7 Å². The van der Waals surface area contributed by atoms with Crippen molar-refractivity contribution < 1.29 is 0 Å². The van der Waals surface area contributed by atoms with Crippen LogP contribution in [-0.2, 0) is 6.54 Å². The summed E-state index contributed by atoms with van der Waals surface area (Å²) in [5.74, 6) is 0. The summed E-state index contributed by atoms with van der Waals surface area (Å²) in [4.78, 5) is 3.87. The van der Waals surface area contributed by atoms with Gasteiger partial charge in [-0.3, -0.25) is 4.90 Å². The molecule has 0 radical (unpaired) electrons. The standard InChI is InChI=1S/C10H12N4S/c1-2-10(15-5-1)8-13-6-9(7-13)14-4-3-11-12-14/h1-5,9H,6-8H2. The van der Waals surface area contributed by atoms with E-state index in [-0.39, 0.29) is 0 Å². The van der Waals surface area contributed by atoms with Gasteiger partial charge in [0, 0.05) is 30.7 Å². The van der Waals surface area contributed by atoms with Crippen LogP contribution in [0.15, 0.2) is 29.9 Å². The molecule has 78 valence electrons. The topological polar surface area (TPSA) is 34.0 Å². The van der Waals surface area contributed by atoms with E-state index in [9.17, 15) is 0 Å². The molecule has 0 bridgehead atoms. The van der Waals surface area contributed by atoms with E-state index >= 15 is 0 Å². The van der Waals surface area contributed by atoms with Crippen molar-refractivity contribution in [1.82, 2.24) is 19.9 Å². The molecule has 0 aliphatic carbocycles. The highest BCUT2D eigenvalue weighted by atomic mass is 32.1. The largest absolute Gasteiger partial charge is 0.294 e. The number of thiophene rings is 1. The Labute approximate surface area is 92.1 Å². The lowest BCUT2D eigenvalue weighted by Crippen LogP contribution is -2.47. The number of hydrogen-bond donors (Lipinski definition) is 0. The van der Waals surface area contributed by atoms with Crippen LogP contribution in [0.2, 0.25) is 0 Å². The smallest absolute Gasteiger partial charge is 0.0790 e. The minimum absolute atomic E-state index is 0.521. The van der Waals surface area contributed by atoms with Crippen LogP contribution in [0.3, 0.4) is 0 Å². The second-order valence-corrected chi connectivity index (χ2v) is 4.84. The fraction of sp³-hybridized carbons (Fsp3) is 0.400. The summed E-state index contributed by atoms with van der Waals surface area (Å²) in [6, 6.07) is 4.81. The van der Waals surface area contributed by atoms with Crippen LogP contribution < -0.4 is 0 Å². The van der Waals surface area contributed by atoms with Crippen molar-refractivity contribution in [1.29, 1.82) is 0 Å². The van der Waals surface area contributed by atoms with Crippen molar-refractivity contribution in [3.8, 4) is 0 Å². The number of likely N-dealkylation sites (tertiary alicyclic amines) is 1. The van der Waals surface area contributed by atoms with Crippen molar-refractivity contribution in [3.05, 3.63) is 34.8 Å². The molecular formula is C10H12N4S. The van der Waals surface area contributed by atoms with Crippen LogP contribution >= 0.6 is 11.3 Å². The molecule has 0 spiro atoms. The van der Waals surface area contributed by atoms with Crippen molar-refractivity contribution in [2.75, 3.05) is 13.1 Å². The number of hydrogen-bond acceptors (Lipinski definition) is 4. The van der Waals surface area contributed by atoms with Gasteiger partial charge in [-0.25, -0.2) is 4.68 Å². The normalized spacial score (nSPS) is 17.9. The molecule has 0 N–H and O–H groups in total. The minimum Gasteiger partial charge on any atom is -0.294 e. The Morgan fingerprint density at radius 2 is 2.40 bits per heavy atom. The molecule has 5 heteroatoms. The fourth-order valence-electron chi connectivity index (χ4n) is 1.87. The number of rotatable bonds is 3. The highest BCUT2D eigenvalue weighted by Crippen LogP contribution is 2.23. The summed E-state index contributed by atoms with van der Waals surface area (Å²) in [5.41, 5.74) is 0. The molecule has 0 saturated carbocycles. The average molecular weight is 220 g/mol. The Balaban J connectivity index is 1.54. The third-order valence-electron chi connectivity index (χ3n) is 2.71. The summed E-state index contributed by atoms with van der Waals surface area (Å²) in [6.07, 6.45) is 3.68. The van der Waals surface area contributed by atoms with Crippen molar-refractivity contribution >= 4 is 11.3 Å². The zero-order chi connectivity index (χ0) is 10.1. The van der Waals surface area contributed by atoms with Crippen LogP contribution in [0.25, 0.3) is 0 Å². The molecule has 0 aromatic carbocycles. The van der Waals surface area contributed by atoms with Crippen molar-refractivity contribution in [3.63, 3.8) is 0 Å². The van der Waals surface area contributed by atoms with Gasteiger partial charge in [-0.15, -0.1) is 16.4 Å². The van der Waals surface area contributed by atoms with E-state index in [1.54, 1.807) is 6.20 Å². The summed E-state index contributed by atoms with van der Waals surface area (Å²) >= 11 is 1.82. The number of nitrogens with zero attached hydrogens (tertiary/aromatic N) is 4.